The van der Waals surface area contributed by atoms with Crippen LogP contribution in [-0.2, 0) is 10.0 Å². The molecule has 2 aromatic carbocycles. The third-order valence-corrected chi connectivity index (χ3v) is 6.84. The standard InChI is InChI=1S/C21H26N2O4S/c1-14-5-7-15(8-6-14)20(16-9-10-16)22-21(24)17-11-12-18(27-4)19(13-17)28(25,26)23(2)3/h5-8,11-13,16,20H,9-10H2,1-4H3,(H,22,24). The predicted molar refractivity (Wildman–Crippen MR) is 108 cm³/mol. The van der Waals surface area contributed by atoms with E-state index in [0.717, 1.165) is 22.7 Å². The van der Waals surface area contributed by atoms with Crippen molar-refractivity contribution < 1.29 is 17.9 Å². The third-order valence-electron chi connectivity index (χ3n) is 5.00. The Kier molecular flexibility index (Phi) is 5.76. The zero-order valence-corrected chi connectivity index (χ0v) is 17.4. The molecule has 0 heterocycles. The molecule has 0 radical (unpaired) electrons. The maximum absolute atomic E-state index is 12.9. The van der Waals surface area contributed by atoms with E-state index in [4.69, 9.17) is 4.74 Å². The molecule has 6 nitrogen and oxygen atoms in total. The summed E-state index contributed by atoms with van der Waals surface area (Å²) in [6.07, 6.45) is 2.14. The number of benzene rings is 2. The first-order valence-electron chi connectivity index (χ1n) is 9.22. The lowest BCUT2D eigenvalue weighted by Crippen LogP contribution is -2.30. The normalized spacial score (nSPS) is 15.3. The highest BCUT2D eigenvalue weighted by atomic mass is 32.2. The number of carbonyl (C=O) groups is 1. The largest absolute Gasteiger partial charge is 0.495 e. The minimum atomic E-state index is -3.74. The van der Waals surface area contributed by atoms with Gasteiger partial charge in [-0.05, 0) is 49.4 Å². The van der Waals surface area contributed by atoms with Gasteiger partial charge in [0.1, 0.15) is 10.6 Å². The van der Waals surface area contributed by atoms with Crippen LogP contribution in [0.25, 0.3) is 0 Å². The van der Waals surface area contributed by atoms with Crippen LogP contribution in [0.2, 0.25) is 0 Å². The SMILES string of the molecule is COc1ccc(C(=O)NC(c2ccc(C)cc2)C2CC2)cc1S(=O)(=O)N(C)C. The molecule has 1 N–H and O–H groups in total. The molecule has 150 valence electrons. The number of nitrogens with zero attached hydrogens (tertiary/aromatic N) is 1. The molecule has 0 saturated heterocycles. The van der Waals surface area contributed by atoms with Crippen molar-refractivity contribution in [2.75, 3.05) is 21.2 Å². The van der Waals surface area contributed by atoms with Gasteiger partial charge < -0.3 is 10.1 Å². The van der Waals surface area contributed by atoms with Gasteiger partial charge in [-0.15, -0.1) is 0 Å². The average molecular weight is 403 g/mol. The quantitative estimate of drug-likeness (QED) is 0.772. The summed E-state index contributed by atoms with van der Waals surface area (Å²) in [6.45, 7) is 2.03. The molecular weight excluding hydrogens is 376 g/mol. The first-order valence-corrected chi connectivity index (χ1v) is 10.7. The van der Waals surface area contributed by atoms with E-state index in [1.165, 1.54) is 38.9 Å². The van der Waals surface area contributed by atoms with Crippen LogP contribution in [-0.4, -0.2) is 39.8 Å². The fourth-order valence-electron chi connectivity index (χ4n) is 3.12. The summed E-state index contributed by atoms with van der Waals surface area (Å²) >= 11 is 0. The number of ether oxygens (including phenoxy) is 1. The Morgan fingerprint density at radius 3 is 2.32 bits per heavy atom. The van der Waals surface area contributed by atoms with Crippen LogP contribution in [0.15, 0.2) is 47.4 Å². The van der Waals surface area contributed by atoms with Crippen LogP contribution in [0.1, 0.15) is 40.4 Å². The van der Waals surface area contributed by atoms with Crippen molar-refractivity contribution in [2.45, 2.75) is 30.7 Å². The monoisotopic (exact) mass is 402 g/mol. The van der Waals surface area contributed by atoms with Crippen molar-refractivity contribution in [3.8, 4) is 5.75 Å². The Balaban J connectivity index is 1.90. The fraction of sp³-hybridized carbons (Fsp3) is 0.381. The molecule has 1 unspecified atom stereocenters. The molecule has 7 heteroatoms. The van der Waals surface area contributed by atoms with E-state index in [1.807, 2.05) is 31.2 Å². The number of methoxy groups -OCH3 is 1. The maximum Gasteiger partial charge on any atom is 0.251 e. The molecular formula is C21H26N2O4S. The molecule has 0 aromatic heterocycles. The lowest BCUT2D eigenvalue weighted by atomic mass is 10.0. The molecule has 0 spiro atoms. The second-order valence-corrected chi connectivity index (χ2v) is 9.47. The van der Waals surface area contributed by atoms with E-state index in [0.29, 0.717) is 11.5 Å². The van der Waals surface area contributed by atoms with Gasteiger partial charge >= 0.3 is 0 Å². The van der Waals surface area contributed by atoms with Gasteiger partial charge in [0.05, 0.1) is 13.2 Å². The maximum atomic E-state index is 12.9. The second kappa shape index (κ2) is 7.93. The minimum absolute atomic E-state index is 0.0223. The average Bonchev–Trinajstić information content (AvgIpc) is 3.51. The molecule has 1 amide bonds. The van der Waals surface area contributed by atoms with Crippen molar-refractivity contribution in [2.24, 2.45) is 5.92 Å². The van der Waals surface area contributed by atoms with Gasteiger partial charge in [0.25, 0.3) is 5.91 Å². The van der Waals surface area contributed by atoms with E-state index in [-0.39, 0.29) is 22.6 Å². The number of carbonyl (C=O) groups excluding carboxylic acids is 1. The number of sulfonamides is 1. The van der Waals surface area contributed by atoms with Gasteiger partial charge in [-0.3, -0.25) is 4.79 Å². The van der Waals surface area contributed by atoms with Crippen molar-refractivity contribution in [1.29, 1.82) is 0 Å². The van der Waals surface area contributed by atoms with E-state index in [1.54, 1.807) is 6.07 Å². The first kappa shape index (κ1) is 20.4. The molecule has 3 rings (SSSR count). The molecule has 1 atom stereocenters. The molecule has 1 aliphatic carbocycles. The Labute approximate surface area is 166 Å². The van der Waals surface area contributed by atoms with E-state index >= 15 is 0 Å². The van der Waals surface area contributed by atoms with Crippen molar-refractivity contribution in [3.63, 3.8) is 0 Å². The summed E-state index contributed by atoms with van der Waals surface area (Å²) in [5, 5.41) is 3.09. The zero-order chi connectivity index (χ0) is 20.5. The van der Waals surface area contributed by atoms with Crippen LogP contribution < -0.4 is 10.1 Å². The van der Waals surface area contributed by atoms with Crippen molar-refractivity contribution in [3.05, 3.63) is 59.2 Å². The Bertz CT molecular complexity index is 964. The molecule has 1 fully saturated rings. The smallest absolute Gasteiger partial charge is 0.251 e. The first-order chi connectivity index (χ1) is 13.2. The van der Waals surface area contributed by atoms with Crippen LogP contribution >= 0.6 is 0 Å². The van der Waals surface area contributed by atoms with Gasteiger partial charge in [0.2, 0.25) is 10.0 Å². The van der Waals surface area contributed by atoms with Gasteiger partial charge in [-0.2, -0.15) is 0 Å². The minimum Gasteiger partial charge on any atom is -0.495 e. The summed E-state index contributed by atoms with van der Waals surface area (Å²) in [6, 6.07) is 12.5. The topological polar surface area (TPSA) is 75.7 Å². The summed E-state index contributed by atoms with van der Waals surface area (Å²) < 4.78 is 31.5. The van der Waals surface area contributed by atoms with Gasteiger partial charge in [0.15, 0.2) is 0 Å². The van der Waals surface area contributed by atoms with E-state index in [2.05, 4.69) is 5.32 Å². The molecule has 28 heavy (non-hydrogen) atoms. The highest BCUT2D eigenvalue weighted by molar-refractivity contribution is 7.89. The predicted octanol–water partition coefficient (Wildman–Crippen LogP) is 3.14. The number of aryl methyl sites for hydroxylation is 1. The fourth-order valence-corrected chi connectivity index (χ4v) is 4.19. The van der Waals surface area contributed by atoms with Crippen molar-refractivity contribution >= 4 is 15.9 Å². The number of nitrogens with one attached hydrogen (secondary N) is 1. The highest BCUT2D eigenvalue weighted by Crippen LogP contribution is 2.41. The zero-order valence-electron chi connectivity index (χ0n) is 16.6. The van der Waals surface area contributed by atoms with Crippen molar-refractivity contribution in [1.82, 2.24) is 9.62 Å². The summed E-state index contributed by atoms with van der Waals surface area (Å²) in [5.41, 5.74) is 2.52. The molecule has 2 aromatic rings. The Morgan fingerprint density at radius 1 is 1.14 bits per heavy atom. The molecule has 0 aliphatic heterocycles. The number of rotatable bonds is 7. The number of hydrogen-bond donors (Lipinski definition) is 1. The Morgan fingerprint density at radius 2 is 1.79 bits per heavy atom. The lowest BCUT2D eigenvalue weighted by molar-refractivity contribution is 0.0931. The second-order valence-electron chi connectivity index (χ2n) is 7.35. The van der Waals surface area contributed by atoms with Gasteiger partial charge in [0, 0.05) is 19.7 Å². The van der Waals surface area contributed by atoms with E-state index in [9.17, 15) is 13.2 Å². The van der Waals surface area contributed by atoms with Crippen LogP contribution in [0.5, 0.6) is 5.75 Å². The number of hydrogen-bond acceptors (Lipinski definition) is 4. The summed E-state index contributed by atoms with van der Waals surface area (Å²) in [7, 11) is 0.563. The Hall–Kier alpha value is -2.38. The molecule has 1 saturated carbocycles. The lowest BCUT2D eigenvalue weighted by Gasteiger charge is -2.20. The number of amides is 1. The molecule has 1 aliphatic rings. The van der Waals surface area contributed by atoms with E-state index < -0.39 is 10.0 Å². The van der Waals surface area contributed by atoms with Gasteiger partial charge in [-0.25, -0.2) is 12.7 Å². The summed E-state index contributed by atoms with van der Waals surface area (Å²) in [5.74, 6) is 0.327. The molecule has 0 bridgehead atoms. The van der Waals surface area contributed by atoms with Gasteiger partial charge in [-0.1, -0.05) is 29.8 Å². The summed E-state index contributed by atoms with van der Waals surface area (Å²) in [4.78, 5) is 12.9. The van der Waals surface area contributed by atoms with Crippen LogP contribution in [0.3, 0.4) is 0 Å². The highest BCUT2D eigenvalue weighted by Gasteiger charge is 2.34. The third kappa shape index (κ3) is 4.20. The van der Waals surface area contributed by atoms with Crippen LogP contribution in [0.4, 0.5) is 0 Å². The van der Waals surface area contributed by atoms with Crippen LogP contribution in [0, 0.1) is 12.8 Å².